The maximum atomic E-state index is 9.15. The lowest BCUT2D eigenvalue weighted by Gasteiger charge is -2.14. The smallest absolute Gasteiger partial charge is 0.0564 e. The highest BCUT2D eigenvalue weighted by molar-refractivity contribution is 4.61. The molecule has 0 bridgehead atoms. The molecule has 0 rings (SSSR count). The molecule has 0 aliphatic rings. The SMILES string of the molecule is CCC(O)C(C)CCO. The van der Waals surface area contributed by atoms with Crippen molar-refractivity contribution in [2.45, 2.75) is 32.8 Å². The summed E-state index contributed by atoms with van der Waals surface area (Å²) in [6.45, 7) is 4.07. The van der Waals surface area contributed by atoms with Crippen molar-refractivity contribution in [2.75, 3.05) is 6.61 Å². The lowest BCUT2D eigenvalue weighted by molar-refractivity contribution is 0.0953. The lowest BCUT2D eigenvalue weighted by atomic mass is 10.00. The highest BCUT2D eigenvalue weighted by Crippen LogP contribution is 2.09. The molecule has 0 aromatic heterocycles. The molecule has 0 fully saturated rings. The van der Waals surface area contributed by atoms with Gasteiger partial charge in [-0.1, -0.05) is 13.8 Å². The van der Waals surface area contributed by atoms with E-state index in [1.165, 1.54) is 0 Å². The van der Waals surface area contributed by atoms with Gasteiger partial charge in [0.15, 0.2) is 0 Å². The van der Waals surface area contributed by atoms with Gasteiger partial charge in [0.25, 0.3) is 0 Å². The van der Waals surface area contributed by atoms with E-state index < -0.39 is 0 Å². The summed E-state index contributed by atoms with van der Waals surface area (Å²) in [5.74, 6) is 0.236. The first-order valence-electron chi connectivity index (χ1n) is 3.51. The van der Waals surface area contributed by atoms with Crippen LogP contribution in [-0.4, -0.2) is 22.9 Å². The minimum Gasteiger partial charge on any atom is -0.396 e. The molecule has 0 spiro atoms. The zero-order valence-corrected chi connectivity index (χ0v) is 6.17. The van der Waals surface area contributed by atoms with E-state index in [9.17, 15) is 0 Å². The van der Waals surface area contributed by atoms with Gasteiger partial charge in [-0.3, -0.25) is 0 Å². The molecule has 56 valence electrons. The van der Waals surface area contributed by atoms with Gasteiger partial charge in [-0.2, -0.15) is 0 Å². The van der Waals surface area contributed by atoms with E-state index in [1.807, 2.05) is 13.8 Å². The normalized spacial score (nSPS) is 17.3. The van der Waals surface area contributed by atoms with Crippen LogP contribution in [0.25, 0.3) is 0 Å². The zero-order chi connectivity index (χ0) is 7.28. The average molecular weight is 132 g/mol. The van der Waals surface area contributed by atoms with Crippen LogP contribution in [0, 0.1) is 5.92 Å². The molecule has 2 atom stereocenters. The summed E-state index contributed by atoms with van der Waals surface area (Å²) in [6.07, 6.45) is 1.24. The molecule has 2 unspecified atom stereocenters. The molecule has 0 radical (unpaired) electrons. The highest BCUT2D eigenvalue weighted by atomic mass is 16.3. The molecule has 2 nitrogen and oxygen atoms in total. The minimum absolute atomic E-state index is 0.179. The first kappa shape index (κ1) is 8.92. The average Bonchev–Trinajstić information content (AvgIpc) is 1.87. The predicted molar refractivity (Wildman–Crippen MR) is 37.2 cm³/mol. The van der Waals surface area contributed by atoms with Crippen molar-refractivity contribution in [1.82, 2.24) is 0 Å². The standard InChI is InChI=1S/C7H16O2/c1-3-7(9)6(2)4-5-8/h6-9H,3-5H2,1-2H3. The van der Waals surface area contributed by atoms with E-state index in [0.29, 0.717) is 6.42 Å². The number of hydrogen-bond acceptors (Lipinski definition) is 2. The molecular formula is C7H16O2. The van der Waals surface area contributed by atoms with Gasteiger partial charge in [0.2, 0.25) is 0 Å². The summed E-state index contributed by atoms with van der Waals surface area (Å²) in [5, 5.41) is 17.6. The monoisotopic (exact) mass is 132 g/mol. The number of aliphatic hydroxyl groups excluding tert-OH is 2. The Hall–Kier alpha value is -0.0800. The van der Waals surface area contributed by atoms with Crippen molar-refractivity contribution in [3.63, 3.8) is 0 Å². The molecule has 0 heterocycles. The molecule has 0 aliphatic heterocycles. The van der Waals surface area contributed by atoms with Crippen LogP contribution >= 0.6 is 0 Å². The van der Waals surface area contributed by atoms with Gasteiger partial charge in [-0.15, -0.1) is 0 Å². The van der Waals surface area contributed by atoms with Crippen LogP contribution in [-0.2, 0) is 0 Å². The maximum Gasteiger partial charge on any atom is 0.0564 e. The Morgan fingerprint density at radius 1 is 1.44 bits per heavy atom. The molecule has 2 N–H and O–H groups in total. The van der Waals surface area contributed by atoms with E-state index in [1.54, 1.807) is 0 Å². The highest BCUT2D eigenvalue weighted by Gasteiger charge is 2.09. The molecule has 0 amide bonds. The van der Waals surface area contributed by atoms with E-state index in [2.05, 4.69) is 0 Å². The third kappa shape index (κ3) is 3.49. The van der Waals surface area contributed by atoms with Gasteiger partial charge in [0, 0.05) is 6.61 Å². The quantitative estimate of drug-likeness (QED) is 0.593. The molecule has 0 aliphatic carbocycles. The van der Waals surface area contributed by atoms with Gasteiger partial charge in [0.1, 0.15) is 0 Å². The van der Waals surface area contributed by atoms with Crippen LogP contribution in [0.1, 0.15) is 26.7 Å². The topological polar surface area (TPSA) is 40.5 Å². The molecule has 0 saturated heterocycles. The Kier molecular flexibility index (Phi) is 4.72. The van der Waals surface area contributed by atoms with Crippen LogP contribution in [0.4, 0.5) is 0 Å². The molecule has 0 aromatic rings. The fourth-order valence-corrected chi connectivity index (χ4v) is 0.798. The van der Waals surface area contributed by atoms with Gasteiger partial charge >= 0.3 is 0 Å². The minimum atomic E-state index is -0.239. The fraction of sp³-hybridized carbons (Fsp3) is 1.00. The fourth-order valence-electron chi connectivity index (χ4n) is 0.798. The second kappa shape index (κ2) is 4.77. The summed E-state index contributed by atoms with van der Waals surface area (Å²) < 4.78 is 0. The van der Waals surface area contributed by atoms with Gasteiger partial charge in [-0.05, 0) is 18.8 Å². The van der Waals surface area contributed by atoms with Crippen LogP contribution < -0.4 is 0 Å². The maximum absolute atomic E-state index is 9.15. The van der Waals surface area contributed by atoms with Crippen molar-refractivity contribution in [3.8, 4) is 0 Å². The number of aliphatic hydroxyl groups is 2. The largest absolute Gasteiger partial charge is 0.396 e. The van der Waals surface area contributed by atoms with Crippen LogP contribution in [0.3, 0.4) is 0 Å². The Labute approximate surface area is 56.5 Å². The van der Waals surface area contributed by atoms with Crippen LogP contribution in [0.15, 0.2) is 0 Å². The molecule has 0 saturated carbocycles. The van der Waals surface area contributed by atoms with E-state index in [-0.39, 0.29) is 18.6 Å². The van der Waals surface area contributed by atoms with Gasteiger partial charge in [-0.25, -0.2) is 0 Å². The third-order valence-electron chi connectivity index (χ3n) is 1.66. The van der Waals surface area contributed by atoms with Crippen molar-refractivity contribution in [1.29, 1.82) is 0 Å². The third-order valence-corrected chi connectivity index (χ3v) is 1.66. The van der Waals surface area contributed by atoms with Crippen molar-refractivity contribution in [2.24, 2.45) is 5.92 Å². The van der Waals surface area contributed by atoms with Gasteiger partial charge < -0.3 is 10.2 Å². The molecular weight excluding hydrogens is 116 g/mol. The van der Waals surface area contributed by atoms with Crippen LogP contribution in [0.2, 0.25) is 0 Å². The Bertz CT molecular complexity index is 63.9. The summed E-state index contributed by atoms with van der Waals surface area (Å²) in [7, 11) is 0. The summed E-state index contributed by atoms with van der Waals surface area (Å²) in [5.41, 5.74) is 0. The number of rotatable bonds is 4. The first-order valence-corrected chi connectivity index (χ1v) is 3.51. The second-order valence-corrected chi connectivity index (χ2v) is 2.47. The Morgan fingerprint density at radius 2 is 2.00 bits per heavy atom. The lowest BCUT2D eigenvalue weighted by Crippen LogP contribution is -2.17. The van der Waals surface area contributed by atoms with E-state index >= 15 is 0 Å². The number of hydrogen-bond donors (Lipinski definition) is 2. The molecule has 2 heteroatoms. The molecule has 9 heavy (non-hydrogen) atoms. The first-order chi connectivity index (χ1) is 4.22. The van der Waals surface area contributed by atoms with Crippen molar-refractivity contribution in [3.05, 3.63) is 0 Å². The van der Waals surface area contributed by atoms with E-state index in [0.717, 1.165) is 6.42 Å². The predicted octanol–water partition coefficient (Wildman–Crippen LogP) is 0.776. The molecule has 0 aromatic carbocycles. The summed E-state index contributed by atoms with van der Waals surface area (Å²) in [4.78, 5) is 0. The summed E-state index contributed by atoms with van der Waals surface area (Å²) >= 11 is 0. The van der Waals surface area contributed by atoms with Gasteiger partial charge in [0.05, 0.1) is 6.10 Å². The van der Waals surface area contributed by atoms with Crippen molar-refractivity contribution >= 4 is 0 Å². The van der Waals surface area contributed by atoms with Crippen molar-refractivity contribution < 1.29 is 10.2 Å². The van der Waals surface area contributed by atoms with Crippen LogP contribution in [0.5, 0.6) is 0 Å². The second-order valence-electron chi connectivity index (χ2n) is 2.47. The Balaban J connectivity index is 3.32. The van der Waals surface area contributed by atoms with E-state index in [4.69, 9.17) is 10.2 Å². The summed E-state index contributed by atoms with van der Waals surface area (Å²) in [6, 6.07) is 0. The Morgan fingerprint density at radius 3 is 2.33 bits per heavy atom. The zero-order valence-electron chi connectivity index (χ0n) is 6.17.